The van der Waals surface area contributed by atoms with Crippen LogP contribution in [0.1, 0.15) is 24.0 Å². The molecule has 0 bridgehead atoms. The lowest BCUT2D eigenvalue weighted by atomic mass is 10.2. The summed E-state index contributed by atoms with van der Waals surface area (Å²) in [6.07, 6.45) is 2.70. The Morgan fingerprint density at radius 1 is 0.962 bits per heavy atom. The topological polar surface area (TPSA) is 83.6 Å². The lowest BCUT2D eigenvalue weighted by Crippen LogP contribution is -2.33. The van der Waals surface area contributed by atoms with E-state index in [1.54, 1.807) is 43.3 Å². The molecule has 3 rings (SSSR count). The first-order chi connectivity index (χ1) is 12.1. The lowest BCUT2D eigenvalue weighted by Gasteiger charge is -2.25. The summed E-state index contributed by atoms with van der Waals surface area (Å²) in [5, 5.41) is 0. The first-order valence-corrected chi connectivity index (χ1v) is 11.6. The number of sulfonamides is 2. The minimum atomic E-state index is -3.69. The van der Waals surface area contributed by atoms with Gasteiger partial charge in [0.15, 0.2) is 0 Å². The van der Waals surface area contributed by atoms with Crippen LogP contribution in [0.15, 0.2) is 47.4 Å². The molecular formula is C18H22N2O4S2. The summed E-state index contributed by atoms with van der Waals surface area (Å²) < 4.78 is 53.0. The van der Waals surface area contributed by atoms with Gasteiger partial charge in [0.2, 0.25) is 10.0 Å². The standard InChI is InChI=1S/C18H22N2O4S2/c1-13-4-11-18(14(2)12-13)26(23,24)20(17-9-10-17)16-7-5-15(6-8-16)19-25(3,21)22/h4-8,11-12,17,19H,9-10H2,1-3H3. The molecule has 0 unspecified atom stereocenters. The first-order valence-electron chi connectivity index (χ1n) is 8.27. The molecule has 0 aromatic heterocycles. The summed E-state index contributed by atoms with van der Waals surface area (Å²) in [6.45, 7) is 3.72. The second kappa shape index (κ2) is 6.59. The Labute approximate surface area is 155 Å². The zero-order valence-corrected chi connectivity index (χ0v) is 16.6. The highest BCUT2D eigenvalue weighted by Crippen LogP contribution is 2.37. The van der Waals surface area contributed by atoms with Crippen molar-refractivity contribution in [3.8, 4) is 0 Å². The Hall–Kier alpha value is -2.06. The maximum atomic E-state index is 13.3. The molecule has 1 fully saturated rings. The van der Waals surface area contributed by atoms with Gasteiger partial charge in [-0.1, -0.05) is 17.7 Å². The van der Waals surface area contributed by atoms with Gasteiger partial charge in [0.25, 0.3) is 10.0 Å². The van der Waals surface area contributed by atoms with Crippen LogP contribution >= 0.6 is 0 Å². The number of benzene rings is 2. The van der Waals surface area contributed by atoms with Gasteiger partial charge >= 0.3 is 0 Å². The van der Waals surface area contributed by atoms with E-state index in [0.29, 0.717) is 21.8 Å². The molecule has 8 heteroatoms. The molecule has 26 heavy (non-hydrogen) atoms. The van der Waals surface area contributed by atoms with Crippen LogP contribution in [0.5, 0.6) is 0 Å². The fourth-order valence-electron chi connectivity index (χ4n) is 2.94. The van der Waals surface area contributed by atoms with Gasteiger partial charge in [0, 0.05) is 11.7 Å². The number of anilines is 2. The van der Waals surface area contributed by atoms with E-state index in [-0.39, 0.29) is 6.04 Å². The molecule has 0 amide bonds. The fraction of sp³-hybridized carbons (Fsp3) is 0.333. The summed E-state index contributed by atoms with van der Waals surface area (Å²) in [5.41, 5.74) is 2.66. The molecule has 140 valence electrons. The summed E-state index contributed by atoms with van der Waals surface area (Å²) >= 11 is 0. The SMILES string of the molecule is Cc1ccc(S(=O)(=O)N(c2ccc(NS(C)(=O)=O)cc2)C2CC2)c(C)c1. The van der Waals surface area contributed by atoms with Crippen LogP contribution in [0.4, 0.5) is 11.4 Å². The highest BCUT2D eigenvalue weighted by atomic mass is 32.2. The Morgan fingerprint density at radius 3 is 2.08 bits per heavy atom. The molecular weight excluding hydrogens is 372 g/mol. The molecule has 6 nitrogen and oxygen atoms in total. The van der Waals surface area contributed by atoms with Gasteiger partial charge in [0.1, 0.15) is 0 Å². The molecule has 2 aromatic rings. The summed E-state index contributed by atoms with van der Waals surface area (Å²) in [4.78, 5) is 0.299. The Kier molecular flexibility index (Phi) is 4.74. The highest BCUT2D eigenvalue weighted by Gasteiger charge is 2.38. The van der Waals surface area contributed by atoms with Gasteiger partial charge in [-0.15, -0.1) is 0 Å². The van der Waals surface area contributed by atoms with E-state index in [1.807, 2.05) is 13.0 Å². The van der Waals surface area contributed by atoms with Crippen LogP contribution in [0.25, 0.3) is 0 Å². The van der Waals surface area contributed by atoms with Gasteiger partial charge in [-0.25, -0.2) is 16.8 Å². The molecule has 0 spiro atoms. The number of hydrogen-bond acceptors (Lipinski definition) is 4. The zero-order chi connectivity index (χ0) is 19.1. The van der Waals surface area contributed by atoms with Crippen LogP contribution < -0.4 is 9.03 Å². The van der Waals surface area contributed by atoms with Crippen LogP contribution in [-0.2, 0) is 20.0 Å². The van der Waals surface area contributed by atoms with E-state index < -0.39 is 20.0 Å². The molecule has 1 N–H and O–H groups in total. The third-order valence-electron chi connectivity index (χ3n) is 4.17. The third-order valence-corrected chi connectivity index (χ3v) is 6.82. The maximum absolute atomic E-state index is 13.3. The zero-order valence-electron chi connectivity index (χ0n) is 14.9. The van der Waals surface area contributed by atoms with Gasteiger partial charge in [-0.3, -0.25) is 9.03 Å². The molecule has 0 radical (unpaired) electrons. The Morgan fingerprint density at radius 2 is 1.58 bits per heavy atom. The molecule has 1 aliphatic carbocycles. The van der Waals surface area contributed by atoms with Crippen molar-refractivity contribution in [1.29, 1.82) is 0 Å². The van der Waals surface area contributed by atoms with Crippen molar-refractivity contribution in [3.63, 3.8) is 0 Å². The van der Waals surface area contributed by atoms with E-state index in [9.17, 15) is 16.8 Å². The quantitative estimate of drug-likeness (QED) is 0.816. The van der Waals surface area contributed by atoms with Crippen molar-refractivity contribution in [2.75, 3.05) is 15.3 Å². The first kappa shape index (κ1) is 18.7. The molecule has 0 saturated heterocycles. The second-order valence-corrected chi connectivity index (χ2v) is 10.3. The predicted molar refractivity (Wildman–Crippen MR) is 104 cm³/mol. The summed E-state index contributed by atoms with van der Waals surface area (Å²) in [5.74, 6) is 0. The number of aryl methyl sites for hydroxylation is 2. The summed E-state index contributed by atoms with van der Waals surface area (Å²) in [7, 11) is -7.07. The number of nitrogens with zero attached hydrogens (tertiary/aromatic N) is 1. The second-order valence-electron chi connectivity index (χ2n) is 6.72. The normalized spacial score (nSPS) is 14.9. The van der Waals surface area contributed by atoms with E-state index >= 15 is 0 Å². The van der Waals surface area contributed by atoms with E-state index in [1.165, 1.54) is 4.31 Å². The average Bonchev–Trinajstić information content (AvgIpc) is 3.31. The van der Waals surface area contributed by atoms with E-state index in [0.717, 1.165) is 24.7 Å². The van der Waals surface area contributed by atoms with Crippen molar-refractivity contribution in [2.24, 2.45) is 0 Å². The monoisotopic (exact) mass is 394 g/mol. The van der Waals surface area contributed by atoms with Crippen LogP contribution in [0.3, 0.4) is 0 Å². The largest absolute Gasteiger partial charge is 0.284 e. The van der Waals surface area contributed by atoms with Crippen LogP contribution in [0, 0.1) is 13.8 Å². The van der Waals surface area contributed by atoms with E-state index in [4.69, 9.17) is 0 Å². The van der Waals surface area contributed by atoms with Gasteiger partial charge in [-0.05, 0) is 62.6 Å². The van der Waals surface area contributed by atoms with Gasteiger partial charge < -0.3 is 0 Å². The maximum Gasteiger partial charge on any atom is 0.264 e. The van der Waals surface area contributed by atoms with Crippen molar-refractivity contribution < 1.29 is 16.8 Å². The van der Waals surface area contributed by atoms with Gasteiger partial charge in [-0.2, -0.15) is 0 Å². The van der Waals surface area contributed by atoms with Crippen molar-refractivity contribution in [1.82, 2.24) is 0 Å². The fourth-order valence-corrected chi connectivity index (χ4v) is 5.42. The number of rotatable bonds is 6. The number of hydrogen-bond donors (Lipinski definition) is 1. The Balaban J connectivity index is 1.99. The minimum absolute atomic E-state index is 0.0607. The van der Waals surface area contributed by atoms with Crippen molar-refractivity contribution in [3.05, 3.63) is 53.6 Å². The van der Waals surface area contributed by atoms with Gasteiger partial charge in [0.05, 0.1) is 16.8 Å². The lowest BCUT2D eigenvalue weighted by molar-refractivity contribution is 0.589. The predicted octanol–water partition coefficient (Wildman–Crippen LogP) is 3.03. The minimum Gasteiger partial charge on any atom is -0.284 e. The molecule has 1 saturated carbocycles. The van der Waals surface area contributed by atoms with Crippen LogP contribution in [0.2, 0.25) is 0 Å². The van der Waals surface area contributed by atoms with E-state index in [2.05, 4.69) is 4.72 Å². The molecule has 0 aliphatic heterocycles. The summed E-state index contributed by atoms with van der Waals surface area (Å²) in [6, 6.07) is 11.7. The van der Waals surface area contributed by atoms with Crippen LogP contribution in [-0.4, -0.2) is 29.1 Å². The number of nitrogens with one attached hydrogen (secondary N) is 1. The molecule has 0 heterocycles. The smallest absolute Gasteiger partial charge is 0.264 e. The Bertz CT molecular complexity index is 1030. The van der Waals surface area contributed by atoms with Crippen molar-refractivity contribution in [2.45, 2.75) is 37.6 Å². The highest BCUT2D eigenvalue weighted by molar-refractivity contribution is 7.93. The third kappa shape index (κ3) is 4.02. The molecule has 2 aromatic carbocycles. The van der Waals surface area contributed by atoms with Crippen molar-refractivity contribution >= 4 is 31.4 Å². The molecule has 1 aliphatic rings. The molecule has 0 atom stereocenters. The average molecular weight is 395 g/mol.